The number of pyridine rings is 1. The molecule has 3 heterocycles. The van der Waals surface area contributed by atoms with Gasteiger partial charge >= 0.3 is 0 Å². The first-order valence-corrected chi connectivity index (χ1v) is 7.03. The van der Waals surface area contributed by atoms with Gasteiger partial charge in [-0.3, -0.25) is 9.48 Å². The van der Waals surface area contributed by atoms with Crippen LogP contribution >= 0.6 is 0 Å². The number of amides is 1. The molecule has 0 spiro atoms. The fourth-order valence-corrected chi connectivity index (χ4v) is 2.40. The van der Waals surface area contributed by atoms with Crippen LogP contribution in [0.3, 0.4) is 0 Å². The highest BCUT2D eigenvalue weighted by molar-refractivity contribution is 5.94. The average Bonchev–Trinajstić information content (AvgIpc) is 3.09. The Hall–Kier alpha value is -2.77. The van der Waals surface area contributed by atoms with Crippen molar-refractivity contribution in [1.29, 1.82) is 0 Å². The molecule has 8 nitrogen and oxygen atoms in total. The van der Waals surface area contributed by atoms with Crippen LogP contribution in [0.4, 0.5) is 0 Å². The highest BCUT2D eigenvalue weighted by Crippen LogP contribution is 2.10. The van der Waals surface area contributed by atoms with Crippen molar-refractivity contribution in [2.45, 2.75) is 26.8 Å². The van der Waals surface area contributed by atoms with Gasteiger partial charge < -0.3 is 5.32 Å². The number of hydrogen-bond donors (Lipinski definition) is 1. The van der Waals surface area contributed by atoms with Gasteiger partial charge in [-0.15, -0.1) is 5.10 Å². The zero-order chi connectivity index (χ0) is 15.7. The number of nitrogens with one attached hydrogen (secondary N) is 1. The molecule has 8 heteroatoms. The highest BCUT2D eigenvalue weighted by Gasteiger charge is 2.12. The van der Waals surface area contributed by atoms with Crippen molar-refractivity contribution < 1.29 is 4.79 Å². The number of nitrogens with zero attached hydrogens (tertiary/aromatic N) is 6. The van der Waals surface area contributed by atoms with Gasteiger partial charge in [0, 0.05) is 24.0 Å². The number of carbonyl (C=O) groups is 1. The van der Waals surface area contributed by atoms with Crippen molar-refractivity contribution >= 4 is 11.6 Å². The van der Waals surface area contributed by atoms with Crippen molar-refractivity contribution in [3.05, 3.63) is 41.3 Å². The molecule has 0 aliphatic carbocycles. The first-order chi connectivity index (χ1) is 10.5. The Morgan fingerprint density at radius 2 is 2.18 bits per heavy atom. The van der Waals surface area contributed by atoms with Crippen molar-refractivity contribution in [1.82, 2.24) is 35.1 Å². The minimum absolute atomic E-state index is 0.0798. The Morgan fingerprint density at radius 1 is 1.36 bits per heavy atom. The summed E-state index contributed by atoms with van der Waals surface area (Å²) in [7, 11) is 0. The molecule has 1 N–H and O–H groups in total. The maximum atomic E-state index is 12.2. The van der Waals surface area contributed by atoms with Crippen LogP contribution in [-0.2, 0) is 0 Å². The molecule has 3 aromatic heterocycles. The lowest BCUT2D eigenvalue weighted by Gasteiger charge is -2.15. The Balaban J connectivity index is 1.67. The van der Waals surface area contributed by atoms with E-state index in [9.17, 15) is 4.79 Å². The van der Waals surface area contributed by atoms with Crippen LogP contribution in [0.1, 0.15) is 34.7 Å². The van der Waals surface area contributed by atoms with E-state index in [-0.39, 0.29) is 11.9 Å². The van der Waals surface area contributed by atoms with Gasteiger partial charge in [-0.25, -0.2) is 4.52 Å². The molecule has 0 aliphatic heterocycles. The van der Waals surface area contributed by atoms with Crippen LogP contribution in [-0.4, -0.2) is 42.3 Å². The zero-order valence-electron chi connectivity index (χ0n) is 12.7. The van der Waals surface area contributed by atoms with E-state index in [1.807, 2.05) is 31.5 Å². The maximum absolute atomic E-state index is 12.2. The van der Waals surface area contributed by atoms with Gasteiger partial charge in [0.1, 0.15) is 0 Å². The Morgan fingerprint density at radius 3 is 2.91 bits per heavy atom. The summed E-state index contributed by atoms with van der Waals surface area (Å²) in [6.07, 6.45) is 1.66. The monoisotopic (exact) mass is 299 g/mol. The lowest BCUT2D eigenvalue weighted by atomic mass is 10.2. The summed E-state index contributed by atoms with van der Waals surface area (Å²) in [5.41, 5.74) is 3.12. The SMILES string of the molecule is Cc1cc(C)n([C@H](C)CNC(=O)c2ccn3nnnc3c2)n1. The van der Waals surface area contributed by atoms with Crippen LogP contribution in [0.25, 0.3) is 5.65 Å². The predicted molar refractivity (Wildman–Crippen MR) is 79.5 cm³/mol. The number of rotatable bonds is 4. The summed E-state index contributed by atoms with van der Waals surface area (Å²) in [6, 6.07) is 5.44. The molecule has 0 radical (unpaired) electrons. The van der Waals surface area contributed by atoms with E-state index in [1.54, 1.807) is 18.3 Å². The topological polar surface area (TPSA) is 90.0 Å². The summed E-state index contributed by atoms with van der Waals surface area (Å²) >= 11 is 0. The molecule has 0 fully saturated rings. The second-order valence-corrected chi connectivity index (χ2v) is 5.33. The second kappa shape index (κ2) is 5.55. The summed E-state index contributed by atoms with van der Waals surface area (Å²) in [4.78, 5) is 12.2. The van der Waals surface area contributed by atoms with Gasteiger partial charge in [-0.05, 0) is 49.4 Å². The van der Waals surface area contributed by atoms with Crippen molar-refractivity contribution in [2.24, 2.45) is 0 Å². The minimum atomic E-state index is -0.154. The molecule has 1 amide bonds. The molecule has 0 aliphatic rings. The zero-order valence-corrected chi connectivity index (χ0v) is 12.7. The van der Waals surface area contributed by atoms with E-state index < -0.39 is 0 Å². The number of carbonyl (C=O) groups excluding carboxylic acids is 1. The van der Waals surface area contributed by atoms with E-state index in [4.69, 9.17) is 0 Å². The molecule has 22 heavy (non-hydrogen) atoms. The molecule has 3 rings (SSSR count). The van der Waals surface area contributed by atoms with Crippen LogP contribution in [0, 0.1) is 13.8 Å². The molecule has 0 unspecified atom stereocenters. The van der Waals surface area contributed by atoms with E-state index in [0.29, 0.717) is 17.8 Å². The van der Waals surface area contributed by atoms with Gasteiger partial charge in [0.2, 0.25) is 0 Å². The van der Waals surface area contributed by atoms with Gasteiger partial charge in [-0.2, -0.15) is 5.10 Å². The number of fused-ring (bicyclic) bond motifs is 1. The molecular weight excluding hydrogens is 282 g/mol. The number of hydrogen-bond acceptors (Lipinski definition) is 5. The number of aryl methyl sites for hydroxylation is 2. The number of tetrazole rings is 1. The van der Waals surface area contributed by atoms with Crippen LogP contribution < -0.4 is 5.32 Å². The third-order valence-electron chi connectivity index (χ3n) is 3.48. The van der Waals surface area contributed by atoms with Crippen LogP contribution in [0.5, 0.6) is 0 Å². The predicted octanol–water partition coefficient (Wildman–Crippen LogP) is 0.929. The second-order valence-electron chi connectivity index (χ2n) is 5.33. The molecule has 1 atom stereocenters. The smallest absolute Gasteiger partial charge is 0.251 e. The van der Waals surface area contributed by atoms with Crippen LogP contribution in [0.2, 0.25) is 0 Å². The Kier molecular flexibility index (Phi) is 3.58. The average molecular weight is 299 g/mol. The highest BCUT2D eigenvalue weighted by atomic mass is 16.1. The molecule has 0 aromatic carbocycles. The molecular formula is C14H17N7O. The fourth-order valence-electron chi connectivity index (χ4n) is 2.40. The quantitative estimate of drug-likeness (QED) is 0.774. The Labute approximate surface area is 127 Å². The summed E-state index contributed by atoms with van der Waals surface area (Å²) < 4.78 is 3.43. The Bertz CT molecular complexity index is 820. The number of aromatic nitrogens is 6. The van der Waals surface area contributed by atoms with Gasteiger partial charge in [0.25, 0.3) is 5.91 Å². The van der Waals surface area contributed by atoms with Crippen molar-refractivity contribution in [3.63, 3.8) is 0 Å². The molecule has 3 aromatic rings. The minimum Gasteiger partial charge on any atom is -0.350 e. The first kappa shape index (κ1) is 14.2. The molecule has 0 saturated heterocycles. The fraction of sp³-hybridized carbons (Fsp3) is 0.357. The van der Waals surface area contributed by atoms with Crippen LogP contribution in [0.15, 0.2) is 24.4 Å². The van der Waals surface area contributed by atoms with Crippen molar-refractivity contribution in [3.8, 4) is 0 Å². The van der Waals surface area contributed by atoms with E-state index in [2.05, 4.69) is 25.9 Å². The molecule has 114 valence electrons. The van der Waals surface area contributed by atoms with Gasteiger partial charge in [0.15, 0.2) is 5.65 Å². The van der Waals surface area contributed by atoms with E-state index in [1.165, 1.54) is 4.52 Å². The molecule has 0 saturated carbocycles. The third kappa shape index (κ3) is 2.67. The normalized spacial score (nSPS) is 12.5. The lowest BCUT2D eigenvalue weighted by Crippen LogP contribution is -2.30. The van der Waals surface area contributed by atoms with Gasteiger partial charge in [0.05, 0.1) is 11.7 Å². The summed E-state index contributed by atoms with van der Waals surface area (Å²) in [5, 5.41) is 18.5. The maximum Gasteiger partial charge on any atom is 0.251 e. The summed E-state index contributed by atoms with van der Waals surface area (Å²) in [5.74, 6) is -0.154. The molecule has 0 bridgehead atoms. The summed E-state index contributed by atoms with van der Waals surface area (Å²) in [6.45, 7) is 6.48. The van der Waals surface area contributed by atoms with E-state index >= 15 is 0 Å². The third-order valence-corrected chi connectivity index (χ3v) is 3.48. The first-order valence-electron chi connectivity index (χ1n) is 7.03. The largest absolute Gasteiger partial charge is 0.350 e. The van der Waals surface area contributed by atoms with E-state index in [0.717, 1.165) is 11.4 Å². The standard InChI is InChI=1S/C14H17N7O/c1-9-6-10(2)21(17-9)11(3)8-15-14(22)12-4-5-20-13(7-12)16-18-19-20/h4-7,11H,8H2,1-3H3,(H,15,22)/t11-/m1/s1. The lowest BCUT2D eigenvalue weighted by molar-refractivity contribution is 0.0947. The van der Waals surface area contributed by atoms with Gasteiger partial charge in [-0.1, -0.05) is 0 Å². The van der Waals surface area contributed by atoms with Crippen molar-refractivity contribution in [2.75, 3.05) is 6.54 Å².